The highest BCUT2D eigenvalue weighted by Crippen LogP contribution is 2.37. The molecule has 29 heavy (non-hydrogen) atoms. The van der Waals surface area contributed by atoms with Crippen molar-refractivity contribution in [3.8, 4) is 11.5 Å². The first-order chi connectivity index (χ1) is 13.6. The Morgan fingerprint density at radius 3 is 2.34 bits per heavy atom. The Bertz CT molecular complexity index is 951. The Balaban J connectivity index is 2.48. The fourth-order valence-corrected chi connectivity index (χ4v) is 4.06. The zero-order valence-electron chi connectivity index (χ0n) is 15.5. The Hall–Kier alpha value is -1.98. The number of rotatable bonds is 9. The van der Waals surface area contributed by atoms with Crippen LogP contribution in [0.4, 0.5) is 18.9 Å². The molecule has 0 amide bonds. The summed E-state index contributed by atoms with van der Waals surface area (Å²) in [6.07, 6.45) is -4.66. The molecule has 0 spiro atoms. The number of hydrogen-bond donors (Lipinski definition) is 1. The summed E-state index contributed by atoms with van der Waals surface area (Å²) in [6.45, 7) is 2.09. The Morgan fingerprint density at radius 1 is 1.03 bits per heavy atom. The minimum Gasteiger partial charge on any atom is -0.492 e. The van der Waals surface area contributed by atoms with Crippen LogP contribution >= 0.6 is 15.9 Å². The van der Waals surface area contributed by atoms with Crippen LogP contribution in [0.25, 0.3) is 0 Å². The molecule has 2 aromatic rings. The monoisotopic (exact) mass is 497 g/mol. The van der Waals surface area contributed by atoms with E-state index in [1.54, 1.807) is 13.0 Å². The van der Waals surface area contributed by atoms with Gasteiger partial charge in [0.2, 0.25) is 0 Å². The summed E-state index contributed by atoms with van der Waals surface area (Å²) in [7, 11) is -2.85. The van der Waals surface area contributed by atoms with Gasteiger partial charge >= 0.3 is 6.18 Å². The van der Waals surface area contributed by atoms with Gasteiger partial charge in [-0.3, -0.25) is 4.72 Å². The van der Waals surface area contributed by atoms with Crippen LogP contribution in [0.1, 0.15) is 12.5 Å². The third-order valence-electron chi connectivity index (χ3n) is 3.59. The van der Waals surface area contributed by atoms with Gasteiger partial charge in [0.05, 0.1) is 24.5 Å². The van der Waals surface area contributed by atoms with Crippen LogP contribution in [0.15, 0.2) is 45.8 Å². The third-order valence-corrected chi connectivity index (χ3v) is 5.47. The molecule has 0 unspecified atom stereocenters. The fraction of sp³-hybridized carbons (Fsp3) is 0.333. The van der Waals surface area contributed by atoms with Gasteiger partial charge in [0, 0.05) is 11.6 Å². The summed E-state index contributed by atoms with van der Waals surface area (Å²) in [6, 6.07) is 6.88. The smallest absolute Gasteiger partial charge is 0.416 e. The second-order valence-corrected chi connectivity index (χ2v) is 8.25. The number of nitrogens with one attached hydrogen (secondary N) is 1. The normalized spacial score (nSPS) is 11.9. The predicted molar refractivity (Wildman–Crippen MR) is 105 cm³/mol. The largest absolute Gasteiger partial charge is 0.492 e. The first-order valence-corrected chi connectivity index (χ1v) is 10.6. The van der Waals surface area contributed by atoms with Crippen LogP contribution in [0.5, 0.6) is 11.5 Å². The second kappa shape index (κ2) is 9.68. The molecule has 0 heterocycles. The maximum absolute atomic E-state index is 13.1. The highest BCUT2D eigenvalue weighted by atomic mass is 79.9. The van der Waals surface area contributed by atoms with Crippen molar-refractivity contribution in [2.75, 3.05) is 31.7 Å². The summed E-state index contributed by atoms with van der Waals surface area (Å²) in [4.78, 5) is -0.228. The molecule has 1 N–H and O–H groups in total. The van der Waals surface area contributed by atoms with Gasteiger partial charge < -0.3 is 14.2 Å². The summed E-state index contributed by atoms with van der Waals surface area (Å²) < 4.78 is 83.4. The third kappa shape index (κ3) is 6.25. The van der Waals surface area contributed by atoms with E-state index < -0.39 is 21.8 Å². The van der Waals surface area contributed by atoms with Crippen molar-refractivity contribution in [2.24, 2.45) is 0 Å². The molecule has 0 aliphatic carbocycles. The highest BCUT2D eigenvalue weighted by Gasteiger charge is 2.32. The van der Waals surface area contributed by atoms with E-state index in [0.29, 0.717) is 10.5 Å². The molecule has 0 aliphatic heterocycles. The average Bonchev–Trinajstić information content (AvgIpc) is 2.63. The van der Waals surface area contributed by atoms with Crippen LogP contribution in [0, 0.1) is 0 Å². The van der Waals surface area contributed by atoms with Crippen molar-refractivity contribution in [1.29, 1.82) is 0 Å². The predicted octanol–water partition coefficient (Wildman–Crippen LogP) is 4.69. The minimum atomic E-state index is -4.66. The van der Waals surface area contributed by atoms with Gasteiger partial charge in [-0.05, 0) is 43.3 Å². The number of ether oxygens (including phenoxy) is 3. The van der Waals surface area contributed by atoms with Gasteiger partial charge in [0.15, 0.2) is 0 Å². The topological polar surface area (TPSA) is 73.9 Å². The van der Waals surface area contributed by atoms with Crippen molar-refractivity contribution >= 4 is 31.6 Å². The van der Waals surface area contributed by atoms with Crippen LogP contribution in [-0.4, -0.2) is 35.3 Å². The van der Waals surface area contributed by atoms with Crippen molar-refractivity contribution in [2.45, 2.75) is 18.0 Å². The van der Waals surface area contributed by atoms with Gasteiger partial charge in [-0.1, -0.05) is 15.9 Å². The van der Waals surface area contributed by atoms with E-state index in [9.17, 15) is 21.6 Å². The zero-order valence-corrected chi connectivity index (χ0v) is 17.9. The molecule has 0 bridgehead atoms. The molecule has 6 nitrogen and oxygen atoms in total. The van der Waals surface area contributed by atoms with Gasteiger partial charge in [-0.15, -0.1) is 0 Å². The molecule has 0 saturated heterocycles. The number of alkyl halides is 3. The highest BCUT2D eigenvalue weighted by molar-refractivity contribution is 9.10. The number of methoxy groups -OCH3 is 1. The number of halogens is 4. The Morgan fingerprint density at radius 2 is 1.72 bits per heavy atom. The first kappa shape index (κ1) is 23.3. The van der Waals surface area contributed by atoms with E-state index in [-0.39, 0.29) is 41.9 Å². The van der Waals surface area contributed by atoms with E-state index >= 15 is 0 Å². The first-order valence-electron chi connectivity index (χ1n) is 8.36. The molecule has 0 aromatic heterocycles. The van der Waals surface area contributed by atoms with Gasteiger partial charge in [0.1, 0.15) is 23.0 Å². The van der Waals surface area contributed by atoms with Crippen LogP contribution in [-0.2, 0) is 20.9 Å². The lowest BCUT2D eigenvalue weighted by atomic mass is 10.2. The Kier molecular flexibility index (Phi) is 7.78. The van der Waals surface area contributed by atoms with Crippen molar-refractivity contribution < 1.29 is 35.8 Å². The van der Waals surface area contributed by atoms with E-state index in [2.05, 4.69) is 20.7 Å². The maximum atomic E-state index is 13.1. The number of benzene rings is 2. The van der Waals surface area contributed by atoms with Crippen molar-refractivity contribution in [3.05, 3.63) is 46.4 Å². The quantitative estimate of drug-likeness (QED) is 0.508. The maximum Gasteiger partial charge on any atom is 0.416 e. The molecule has 0 atom stereocenters. The van der Waals surface area contributed by atoms with Gasteiger partial charge in [-0.2, -0.15) is 13.2 Å². The van der Waals surface area contributed by atoms with E-state index in [4.69, 9.17) is 14.2 Å². The fourth-order valence-electron chi connectivity index (χ4n) is 2.31. The number of hydrogen-bond acceptors (Lipinski definition) is 5. The number of anilines is 1. The molecular formula is C18H19BrF3NO5S. The summed E-state index contributed by atoms with van der Waals surface area (Å²) >= 11 is 3.18. The standard InChI is InChI=1S/C18H19BrF3NO5S/c1-3-27-16-7-5-13(19)11-17(16)29(24,25)23-14-10-12(18(20,21)22)4-6-15(14)28-9-8-26-2/h4-7,10-11,23H,3,8-9H2,1-2H3. The van der Waals surface area contributed by atoms with E-state index in [1.165, 1.54) is 19.2 Å². The Labute approximate surface area is 175 Å². The molecule has 160 valence electrons. The molecule has 2 aromatic carbocycles. The number of sulfonamides is 1. The lowest BCUT2D eigenvalue weighted by Crippen LogP contribution is -2.17. The lowest BCUT2D eigenvalue weighted by Gasteiger charge is -2.17. The zero-order chi connectivity index (χ0) is 21.7. The van der Waals surface area contributed by atoms with E-state index in [1.807, 2.05) is 0 Å². The minimum absolute atomic E-state index is 0.0255. The van der Waals surface area contributed by atoms with Crippen LogP contribution in [0.2, 0.25) is 0 Å². The van der Waals surface area contributed by atoms with Gasteiger partial charge in [-0.25, -0.2) is 8.42 Å². The summed E-state index contributed by atoms with van der Waals surface area (Å²) in [5.41, 5.74) is -1.37. The van der Waals surface area contributed by atoms with E-state index in [0.717, 1.165) is 12.1 Å². The van der Waals surface area contributed by atoms with Crippen molar-refractivity contribution in [1.82, 2.24) is 0 Å². The molecular weight excluding hydrogens is 479 g/mol. The van der Waals surface area contributed by atoms with Crippen LogP contribution in [0.3, 0.4) is 0 Å². The molecule has 0 radical (unpaired) electrons. The molecule has 11 heteroatoms. The SMILES string of the molecule is CCOc1ccc(Br)cc1S(=O)(=O)Nc1cc(C(F)(F)F)ccc1OCCOC. The van der Waals surface area contributed by atoms with Gasteiger partial charge in [0.25, 0.3) is 10.0 Å². The molecule has 0 fully saturated rings. The second-order valence-electron chi connectivity index (χ2n) is 5.68. The average molecular weight is 498 g/mol. The summed E-state index contributed by atoms with van der Waals surface area (Å²) in [5, 5.41) is 0. The molecule has 0 saturated carbocycles. The lowest BCUT2D eigenvalue weighted by molar-refractivity contribution is -0.137. The molecule has 2 rings (SSSR count). The van der Waals surface area contributed by atoms with Crippen molar-refractivity contribution in [3.63, 3.8) is 0 Å². The van der Waals surface area contributed by atoms with Crippen LogP contribution < -0.4 is 14.2 Å². The molecule has 0 aliphatic rings. The summed E-state index contributed by atoms with van der Waals surface area (Å²) in [5.74, 6) is 0.00334.